The van der Waals surface area contributed by atoms with Crippen molar-refractivity contribution in [1.82, 2.24) is 0 Å². The number of ketones is 2. The van der Waals surface area contributed by atoms with Crippen LogP contribution >= 0.6 is 11.6 Å². The van der Waals surface area contributed by atoms with Crippen LogP contribution < -0.4 is 11.1 Å². The molecule has 3 aliphatic rings. The van der Waals surface area contributed by atoms with Crippen LogP contribution in [0, 0.1) is 11.8 Å². The maximum atomic E-state index is 14.4. The molecule has 0 spiro atoms. The topological polar surface area (TPSA) is 98.5 Å². The molecule has 4 atom stereocenters. The van der Waals surface area contributed by atoms with Crippen molar-refractivity contribution in [1.29, 1.82) is 0 Å². The van der Waals surface area contributed by atoms with Crippen molar-refractivity contribution in [3.8, 4) is 0 Å². The molecule has 0 bridgehead atoms. The van der Waals surface area contributed by atoms with Crippen LogP contribution in [0.5, 0.6) is 0 Å². The third-order valence-corrected chi connectivity index (χ3v) is 8.62. The molecule has 3 N–H and O–H groups in total. The number of hydrogen-bond acceptors (Lipinski definition) is 6. The molecule has 0 radical (unpaired) electrons. The molecule has 0 saturated heterocycles. The van der Waals surface area contributed by atoms with Crippen molar-refractivity contribution in [2.24, 2.45) is 11.8 Å². The molecule has 3 aromatic rings. The van der Waals surface area contributed by atoms with Gasteiger partial charge >= 0.3 is 5.97 Å². The maximum Gasteiger partial charge on any atom is 0.340 e. The van der Waals surface area contributed by atoms with Gasteiger partial charge in [0.05, 0.1) is 28.1 Å². The molecule has 4 unspecified atom stereocenters. The molecule has 3 aromatic carbocycles. The zero-order valence-corrected chi connectivity index (χ0v) is 22.0. The van der Waals surface area contributed by atoms with E-state index in [0.717, 1.165) is 12.8 Å². The molecule has 39 heavy (non-hydrogen) atoms. The fourth-order valence-electron chi connectivity index (χ4n) is 6.44. The van der Waals surface area contributed by atoms with E-state index in [1.54, 1.807) is 48.5 Å². The monoisotopic (exact) mass is 546 g/mol. The van der Waals surface area contributed by atoms with E-state index in [-0.39, 0.29) is 62.9 Å². The Hall–Kier alpha value is -3.71. The van der Waals surface area contributed by atoms with Gasteiger partial charge in [-0.25, -0.2) is 9.18 Å². The molecule has 6 nitrogen and oxygen atoms in total. The van der Waals surface area contributed by atoms with Gasteiger partial charge in [0.1, 0.15) is 12.3 Å². The summed E-state index contributed by atoms with van der Waals surface area (Å²) in [4.78, 5) is 40.7. The van der Waals surface area contributed by atoms with Crippen LogP contribution in [-0.2, 0) is 4.74 Å². The first-order valence-electron chi connectivity index (χ1n) is 13.3. The highest BCUT2D eigenvalue weighted by atomic mass is 35.5. The van der Waals surface area contributed by atoms with Gasteiger partial charge in [0, 0.05) is 21.8 Å². The van der Waals surface area contributed by atoms with E-state index in [2.05, 4.69) is 5.32 Å². The lowest BCUT2D eigenvalue weighted by atomic mass is 9.69. The molecule has 0 aliphatic heterocycles. The average molecular weight is 547 g/mol. The zero-order chi connectivity index (χ0) is 27.3. The number of alkyl halides is 1. The van der Waals surface area contributed by atoms with Crippen LogP contribution in [0.2, 0.25) is 5.02 Å². The van der Waals surface area contributed by atoms with Gasteiger partial charge in [-0.05, 0) is 74.3 Å². The number of ether oxygens (including phenoxy) is 1. The summed E-state index contributed by atoms with van der Waals surface area (Å²) in [6.45, 7) is 0. The number of hydrogen-bond donors (Lipinski definition) is 2. The number of rotatable bonds is 4. The Morgan fingerprint density at radius 2 is 1.64 bits per heavy atom. The van der Waals surface area contributed by atoms with Gasteiger partial charge in [-0.1, -0.05) is 42.3 Å². The van der Waals surface area contributed by atoms with E-state index >= 15 is 0 Å². The number of nitrogen functional groups attached to an aromatic ring is 1. The van der Waals surface area contributed by atoms with Crippen molar-refractivity contribution < 1.29 is 23.5 Å². The minimum Gasteiger partial charge on any atom is -0.459 e. The maximum absolute atomic E-state index is 14.4. The number of benzene rings is 3. The molecule has 200 valence electrons. The zero-order valence-electron chi connectivity index (χ0n) is 21.2. The first-order chi connectivity index (χ1) is 18.8. The fraction of sp³-hybridized carbons (Fsp3) is 0.323. The normalized spacial score (nSPS) is 23.8. The molecule has 0 aromatic heterocycles. The fourth-order valence-corrected chi connectivity index (χ4v) is 6.56. The summed E-state index contributed by atoms with van der Waals surface area (Å²) < 4.78 is 20.3. The Balaban J connectivity index is 1.37. The van der Waals surface area contributed by atoms with E-state index in [1.165, 1.54) is 6.07 Å². The molecule has 2 saturated carbocycles. The number of anilines is 3. The summed E-state index contributed by atoms with van der Waals surface area (Å²) in [7, 11) is 0. The Bertz CT molecular complexity index is 1490. The summed E-state index contributed by atoms with van der Waals surface area (Å²) >= 11 is 6.03. The van der Waals surface area contributed by atoms with Crippen LogP contribution in [0.3, 0.4) is 0 Å². The lowest BCUT2D eigenvalue weighted by molar-refractivity contribution is -0.0171. The predicted molar refractivity (Wildman–Crippen MR) is 148 cm³/mol. The second-order valence-corrected chi connectivity index (χ2v) is 11.1. The Labute approximate surface area is 230 Å². The largest absolute Gasteiger partial charge is 0.459 e. The van der Waals surface area contributed by atoms with Gasteiger partial charge in [0.25, 0.3) is 0 Å². The smallest absolute Gasteiger partial charge is 0.340 e. The lowest BCUT2D eigenvalue weighted by Gasteiger charge is -2.40. The van der Waals surface area contributed by atoms with Crippen LogP contribution in [0.15, 0.2) is 54.6 Å². The highest BCUT2D eigenvalue weighted by Crippen LogP contribution is 2.44. The number of carbonyl (C=O) groups excluding carboxylic acids is 3. The molecule has 6 rings (SSSR count). The molecule has 8 heteroatoms. The first-order valence-corrected chi connectivity index (χ1v) is 13.7. The quantitative estimate of drug-likeness (QED) is 0.213. The molecule has 0 amide bonds. The van der Waals surface area contributed by atoms with Crippen LogP contribution in [-0.4, -0.2) is 29.8 Å². The molecular weight excluding hydrogens is 519 g/mol. The summed E-state index contributed by atoms with van der Waals surface area (Å²) in [6, 6.07) is 14.9. The number of halogens is 2. The molecule has 3 aliphatic carbocycles. The van der Waals surface area contributed by atoms with Gasteiger partial charge in [-0.3, -0.25) is 9.59 Å². The minimum absolute atomic E-state index is 0.0131. The summed E-state index contributed by atoms with van der Waals surface area (Å²) in [5.41, 5.74) is 7.89. The third-order valence-electron chi connectivity index (χ3n) is 8.37. The Kier molecular flexibility index (Phi) is 6.63. The molecule has 0 heterocycles. The standard InChI is InChI=1S/C31H28ClFN2O4/c32-17-8-10-18(11-9-17)35-25-15-23(31(38)39-19-12-13-20-16(14-19)4-3-7-24(20)33)28(34)27-26(25)29(36)21-5-1-2-6-22(21)30(27)37/h1-2,5-6,8-11,15-16,19-20,24,35H,3-4,7,12-14,34H2. The average Bonchev–Trinajstić information content (AvgIpc) is 2.93. The summed E-state index contributed by atoms with van der Waals surface area (Å²) in [5, 5.41) is 3.71. The van der Waals surface area contributed by atoms with Crippen molar-refractivity contribution in [2.45, 2.75) is 50.8 Å². The highest BCUT2D eigenvalue weighted by molar-refractivity contribution is 6.33. The number of nitrogens with two attached hydrogens (primary N) is 1. The molecule has 2 fully saturated rings. The van der Waals surface area contributed by atoms with Crippen molar-refractivity contribution in [3.63, 3.8) is 0 Å². The van der Waals surface area contributed by atoms with Gasteiger partial charge in [0.2, 0.25) is 0 Å². The lowest BCUT2D eigenvalue weighted by Crippen LogP contribution is -2.38. The summed E-state index contributed by atoms with van der Waals surface area (Å²) in [5.74, 6) is -1.23. The van der Waals surface area contributed by atoms with Crippen LogP contribution in [0.25, 0.3) is 0 Å². The number of carbonyl (C=O) groups is 3. The second-order valence-electron chi connectivity index (χ2n) is 10.7. The van der Waals surface area contributed by atoms with Gasteiger partial charge in [-0.15, -0.1) is 0 Å². The number of nitrogens with one attached hydrogen (secondary N) is 1. The van der Waals surface area contributed by atoms with E-state index in [0.29, 0.717) is 36.4 Å². The number of esters is 1. The third kappa shape index (κ3) is 4.59. The van der Waals surface area contributed by atoms with Crippen LogP contribution in [0.4, 0.5) is 21.5 Å². The van der Waals surface area contributed by atoms with Gasteiger partial charge in [-0.2, -0.15) is 0 Å². The first kappa shape index (κ1) is 25.6. The second kappa shape index (κ2) is 10.1. The number of fused-ring (bicyclic) bond motifs is 3. The van der Waals surface area contributed by atoms with E-state index in [1.807, 2.05) is 0 Å². The SMILES string of the molecule is Nc1c(C(=O)OC2CCC3C(F)CCCC3C2)cc(Nc2ccc(Cl)cc2)c2c1C(=O)c1ccccc1C2=O. The summed E-state index contributed by atoms with van der Waals surface area (Å²) in [6.07, 6.45) is 3.12. The van der Waals surface area contributed by atoms with Crippen molar-refractivity contribution >= 4 is 46.2 Å². The Morgan fingerprint density at radius 3 is 2.36 bits per heavy atom. The predicted octanol–water partition coefficient (Wildman–Crippen LogP) is 6.90. The Morgan fingerprint density at radius 1 is 0.949 bits per heavy atom. The van der Waals surface area contributed by atoms with E-state index in [9.17, 15) is 18.8 Å². The van der Waals surface area contributed by atoms with E-state index in [4.69, 9.17) is 22.1 Å². The minimum atomic E-state index is -0.787. The van der Waals surface area contributed by atoms with Gasteiger partial charge < -0.3 is 15.8 Å². The molecular formula is C31H28ClFN2O4. The van der Waals surface area contributed by atoms with Crippen LogP contribution in [0.1, 0.15) is 80.7 Å². The van der Waals surface area contributed by atoms with E-state index < -0.39 is 17.9 Å². The highest BCUT2D eigenvalue weighted by Gasteiger charge is 2.40. The van der Waals surface area contributed by atoms with Crippen molar-refractivity contribution in [2.75, 3.05) is 11.1 Å². The van der Waals surface area contributed by atoms with Gasteiger partial charge in [0.15, 0.2) is 11.6 Å². The van der Waals surface area contributed by atoms with Crippen molar-refractivity contribution in [3.05, 3.63) is 87.4 Å².